The quantitative estimate of drug-likeness (QED) is 0.0522. The van der Waals surface area contributed by atoms with Crippen molar-refractivity contribution in [3.63, 3.8) is 0 Å². The highest BCUT2D eigenvalue weighted by molar-refractivity contribution is 9.10. The Labute approximate surface area is 496 Å². The van der Waals surface area contributed by atoms with Gasteiger partial charge in [0.05, 0.1) is 50.7 Å². The molecule has 1 aliphatic heterocycles. The summed E-state index contributed by atoms with van der Waals surface area (Å²) < 4.78 is 125. The maximum atomic E-state index is 15.3. The molecule has 0 N–H and O–H groups in total. The number of carbonyl (C=O) groups is 2. The summed E-state index contributed by atoms with van der Waals surface area (Å²) in [4.78, 5) is 33.8. The third-order valence-corrected chi connectivity index (χ3v) is 17.9. The molecule has 0 aromatic heterocycles. The maximum absolute atomic E-state index is 15.3. The van der Waals surface area contributed by atoms with Gasteiger partial charge in [0.2, 0.25) is 6.54 Å². The summed E-state index contributed by atoms with van der Waals surface area (Å²) in [6, 6.07) is 11.2. The van der Waals surface area contributed by atoms with Gasteiger partial charge in [-0.15, -0.1) is 0 Å². The van der Waals surface area contributed by atoms with Crippen molar-refractivity contribution in [2.75, 3.05) is 0 Å². The number of ether oxygens (including phenoxy) is 2. The predicted octanol–water partition coefficient (Wildman–Crippen LogP) is 20.4. The number of alkyl halides is 6. The van der Waals surface area contributed by atoms with Crippen molar-refractivity contribution < 1.29 is 54.2 Å². The van der Waals surface area contributed by atoms with Gasteiger partial charge >= 0.3 is 24.3 Å². The minimum atomic E-state index is -5.01. The molecule has 2 saturated carbocycles. The SMILES string of the molecule is CC(C)[C@@H]1CC[C@@H](C)C[C@H]1OC(=O)/C=C(\c1cc(Cl)c(Cl)c(Cl)c1)C(F)(F)F.CC(C)[C@@H]1CC[C@@H](C)C[C@H]1OC(=O)C1C(c2ccc(F)c(Br)c2)N=CC1(c1cc(Cl)c(Cl)c(Cl)c1)C(F)(F)F.[C-]#[N+]Cc1ccc(F)c(Br)c1. The van der Waals surface area contributed by atoms with Crippen molar-refractivity contribution in [2.24, 2.45) is 46.4 Å². The van der Waals surface area contributed by atoms with Gasteiger partial charge in [0.15, 0.2) is 0 Å². The Morgan fingerprint density at radius 3 is 1.65 bits per heavy atom. The highest BCUT2D eigenvalue weighted by Gasteiger charge is 2.67. The van der Waals surface area contributed by atoms with Crippen LogP contribution in [-0.4, -0.2) is 42.7 Å². The number of carbonyl (C=O) groups excluding carboxylic acids is 2. The first kappa shape index (κ1) is 65.7. The molecular formula is C56H54Br2Cl6F8N2O4. The molecule has 2 fully saturated rings. The summed E-state index contributed by atoms with van der Waals surface area (Å²) in [5.41, 5.74) is -3.80. The van der Waals surface area contributed by atoms with Crippen molar-refractivity contribution in [1.82, 2.24) is 0 Å². The molecule has 9 atom stereocenters. The van der Waals surface area contributed by atoms with E-state index in [0.29, 0.717) is 35.9 Å². The van der Waals surface area contributed by atoms with E-state index in [9.17, 15) is 31.5 Å². The van der Waals surface area contributed by atoms with E-state index in [-0.39, 0.29) is 86.7 Å². The summed E-state index contributed by atoms with van der Waals surface area (Å²) in [5, 5.41) is -0.813. The number of hydrogen-bond donors (Lipinski definition) is 0. The van der Waals surface area contributed by atoms with E-state index in [4.69, 9.17) is 85.7 Å². The third-order valence-electron chi connectivity index (χ3n) is 14.3. The number of hydrogen-bond acceptors (Lipinski definition) is 5. The monoisotopic (exact) mass is 1340 g/mol. The smallest absolute Gasteiger partial charge is 0.417 e. The molecule has 0 saturated heterocycles. The van der Waals surface area contributed by atoms with Crippen LogP contribution < -0.4 is 0 Å². The molecule has 0 amide bonds. The van der Waals surface area contributed by atoms with E-state index in [1.54, 1.807) is 12.1 Å². The van der Waals surface area contributed by atoms with Crippen molar-refractivity contribution in [2.45, 2.75) is 123 Å². The molecule has 3 aliphatic rings. The Morgan fingerprint density at radius 1 is 0.731 bits per heavy atom. The molecule has 1 heterocycles. The first-order valence-corrected chi connectivity index (χ1v) is 28.5. The molecule has 0 bridgehead atoms. The largest absolute Gasteiger partial charge is 0.462 e. The van der Waals surface area contributed by atoms with Crippen LogP contribution in [0.25, 0.3) is 10.4 Å². The number of rotatable bonds is 10. The molecule has 7 rings (SSSR count). The van der Waals surface area contributed by atoms with E-state index in [1.807, 2.05) is 41.5 Å². The first-order chi connectivity index (χ1) is 36.3. The zero-order valence-electron chi connectivity index (χ0n) is 42.7. The van der Waals surface area contributed by atoms with Gasteiger partial charge in [0.25, 0.3) is 0 Å². The van der Waals surface area contributed by atoms with Gasteiger partial charge in [-0.25, -0.2) is 20.1 Å². The van der Waals surface area contributed by atoms with Gasteiger partial charge in [0, 0.05) is 17.9 Å². The fourth-order valence-corrected chi connectivity index (χ4v) is 12.2. The first-order valence-electron chi connectivity index (χ1n) is 24.6. The molecule has 6 nitrogen and oxygen atoms in total. The second-order valence-corrected chi connectivity index (χ2v) is 24.6. The number of nitrogens with zero attached hydrogens (tertiary/aromatic N) is 2. The fraction of sp³-hybridized carbons (Fsp3) is 0.464. The summed E-state index contributed by atoms with van der Waals surface area (Å²) >= 11 is 42.0. The van der Waals surface area contributed by atoms with E-state index < -0.39 is 65.3 Å². The predicted molar refractivity (Wildman–Crippen MR) is 300 cm³/mol. The average molecular weight is 1340 g/mol. The van der Waals surface area contributed by atoms with Crippen LogP contribution in [-0.2, 0) is 31.0 Å². The Hall–Kier alpha value is -3.14. The zero-order chi connectivity index (χ0) is 58.4. The van der Waals surface area contributed by atoms with Crippen molar-refractivity contribution >= 4 is 125 Å². The van der Waals surface area contributed by atoms with Crippen LogP contribution in [0.1, 0.15) is 108 Å². The van der Waals surface area contributed by atoms with Crippen LogP contribution in [0, 0.1) is 59.6 Å². The molecule has 0 radical (unpaired) electrons. The van der Waals surface area contributed by atoms with E-state index in [0.717, 1.165) is 67.8 Å². The second kappa shape index (κ2) is 27.8. The minimum absolute atomic E-state index is 0.00518. The summed E-state index contributed by atoms with van der Waals surface area (Å²) in [6.07, 6.45) is -4.73. The lowest BCUT2D eigenvalue weighted by molar-refractivity contribution is -0.197. The van der Waals surface area contributed by atoms with Crippen LogP contribution in [0.5, 0.6) is 0 Å². The van der Waals surface area contributed by atoms with Crippen molar-refractivity contribution in [3.05, 3.63) is 151 Å². The van der Waals surface area contributed by atoms with E-state index >= 15 is 13.2 Å². The number of esters is 2. The Morgan fingerprint density at radius 2 is 1.21 bits per heavy atom. The molecule has 3 unspecified atom stereocenters. The Kier molecular flexibility index (Phi) is 23.4. The lowest BCUT2D eigenvalue weighted by atomic mass is 9.68. The highest BCUT2D eigenvalue weighted by atomic mass is 79.9. The summed E-state index contributed by atoms with van der Waals surface area (Å²) in [5.74, 6) is -3.66. The second-order valence-electron chi connectivity index (χ2n) is 20.5. The lowest BCUT2D eigenvalue weighted by Gasteiger charge is -2.40. The fourth-order valence-electron chi connectivity index (χ4n) is 10.2. The Balaban J connectivity index is 0.000000249. The van der Waals surface area contributed by atoms with Crippen molar-refractivity contribution in [3.8, 4) is 0 Å². The van der Waals surface area contributed by atoms with Gasteiger partial charge in [0.1, 0.15) is 35.2 Å². The van der Waals surface area contributed by atoms with Crippen LogP contribution in [0.3, 0.4) is 0 Å². The van der Waals surface area contributed by atoms with E-state index in [1.165, 1.54) is 18.2 Å². The lowest BCUT2D eigenvalue weighted by Crippen LogP contribution is -2.53. The molecule has 22 heteroatoms. The number of aliphatic imine (C=N–C) groups is 1. The standard InChI is InChI=1S/C28H27BrCl3F4NO2.C20H22Cl3F3O2.C8H5BrFN/c1-13(2)17-6-4-14(3)8-22(17)39-26(38)23-25(15-5-7-21(33)18(29)9-15)37-12-27(23,28(34,35)36)16-10-19(30)24(32)20(31)11-16;1-10(2)13-5-4-11(3)6-17(13)28-18(27)9-14(20(24,25)26)12-7-15(21)19(23)16(22)8-12;1-11-5-6-2-3-8(10)7(9)4-6/h5,7,9-14,17,22-23,25H,4,6,8H2,1-3H3;7-11,13,17H,4-6H2,1-3H3;2-4H,5H2/b;14-9+;/t14-,17+,22-,23?,25?,27?;11-,13+,17-;/m11./s1. The van der Waals surface area contributed by atoms with Crippen LogP contribution >= 0.6 is 101 Å². The van der Waals surface area contributed by atoms with Gasteiger partial charge in [-0.3, -0.25) is 9.79 Å². The number of benzene rings is 4. The van der Waals surface area contributed by atoms with Crippen LogP contribution in [0.4, 0.5) is 35.1 Å². The summed E-state index contributed by atoms with van der Waals surface area (Å²) in [6.45, 7) is 19.0. The van der Waals surface area contributed by atoms with Gasteiger partial charge in [-0.05, 0) is 164 Å². The number of allylic oxidation sites excluding steroid dienone is 1. The molecule has 78 heavy (non-hydrogen) atoms. The van der Waals surface area contributed by atoms with E-state index in [2.05, 4.69) is 41.7 Å². The van der Waals surface area contributed by atoms with Crippen molar-refractivity contribution in [1.29, 1.82) is 0 Å². The Bertz CT molecular complexity index is 2870. The van der Waals surface area contributed by atoms with Crippen LogP contribution in [0.2, 0.25) is 30.1 Å². The molecule has 4 aromatic rings. The van der Waals surface area contributed by atoms with Gasteiger partial charge in [-0.2, -0.15) is 26.3 Å². The number of halogens is 16. The van der Waals surface area contributed by atoms with Gasteiger partial charge in [-0.1, -0.05) is 130 Å². The summed E-state index contributed by atoms with van der Waals surface area (Å²) in [7, 11) is 0. The average Bonchev–Trinajstić information content (AvgIpc) is 4.01. The van der Waals surface area contributed by atoms with Crippen LogP contribution in [0.15, 0.2) is 80.7 Å². The highest BCUT2D eigenvalue weighted by Crippen LogP contribution is 2.56. The molecule has 2 aliphatic carbocycles. The molecule has 4 aromatic carbocycles. The minimum Gasteiger partial charge on any atom is -0.462 e. The third kappa shape index (κ3) is 16.1. The molecule has 0 spiro atoms. The zero-order valence-corrected chi connectivity index (χ0v) is 50.4. The normalized spacial score (nSPS) is 24.4. The topological polar surface area (TPSA) is 69.3 Å². The maximum Gasteiger partial charge on any atom is 0.417 e. The van der Waals surface area contributed by atoms with Gasteiger partial charge < -0.3 is 14.3 Å². The molecular weight excluding hydrogens is 1290 g/mol. The molecule has 424 valence electrons.